The molecule has 1 aliphatic carbocycles. The van der Waals surface area contributed by atoms with E-state index in [-0.39, 0.29) is 5.41 Å². The Kier molecular flexibility index (Phi) is 12.0. The first kappa shape index (κ1) is 40.1. The normalized spacial score (nSPS) is 12.8. The van der Waals surface area contributed by atoms with E-state index < -0.39 is 0 Å². The summed E-state index contributed by atoms with van der Waals surface area (Å²) < 4.78 is 2.16. The zero-order chi connectivity index (χ0) is 39.7. The maximum absolute atomic E-state index is 3.70. The van der Waals surface area contributed by atoms with Gasteiger partial charge in [0.25, 0.3) is 0 Å². The summed E-state index contributed by atoms with van der Waals surface area (Å²) in [4.78, 5) is 4.96. The quantitative estimate of drug-likeness (QED) is 0.107. The first-order chi connectivity index (χ1) is 26.9. The largest absolute Gasteiger partial charge is 0.310 e. The highest BCUT2D eigenvalue weighted by Crippen LogP contribution is 2.55. The Morgan fingerprint density at radius 2 is 0.804 bits per heavy atom. The lowest BCUT2D eigenvalue weighted by Crippen LogP contribution is -2.22. The number of fused-ring (bicyclic) bond motifs is 3. The zero-order valence-corrected chi connectivity index (χ0v) is 37.7. The van der Waals surface area contributed by atoms with Gasteiger partial charge in [-0.1, -0.05) is 132 Å². The number of aryl methyl sites for hydroxylation is 6. The topological polar surface area (TPSA) is 6.48 Å². The third kappa shape index (κ3) is 7.89. The molecule has 0 bridgehead atoms. The number of rotatable bonds is 13. The highest BCUT2D eigenvalue weighted by molar-refractivity contribution is 9.10. The van der Waals surface area contributed by atoms with Crippen molar-refractivity contribution in [2.24, 2.45) is 0 Å². The van der Waals surface area contributed by atoms with Gasteiger partial charge in [0.1, 0.15) is 0 Å². The number of hydrogen-bond donors (Lipinski definition) is 0. The van der Waals surface area contributed by atoms with Crippen molar-refractivity contribution in [1.82, 2.24) is 0 Å². The van der Waals surface area contributed by atoms with Gasteiger partial charge < -0.3 is 9.80 Å². The molecular weight excluding hydrogens is 812 g/mol. The molecule has 6 aromatic carbocycles. The van der Waals surface area contributed by atoms with Crippen molar-refractivity contribution >= 4 is 66.0 Å². The average molecular weight is 869 g/mol. The molecule has 4 heteroatoms. The Morgan fingerprint density at radius 3 is 1.20 bits per heavy atom. The average Bonchev–Trinajstić information content (AvgIpc) is 3.40. The maximum atomic E-state index is 3.70. The van der Waals surface area contributed by atoms with Crippen LogP contribution in [0.3, 0.4) is 0 Å². The third-order valence-corrected chi connectivity index (χ3v) is 13.0. The van der Waals surface area contributed by atoms with Crippen molar-refractivity contribution in [3.8, 4) is 11.1 Å². The number of unbranched alkanes of at least 4 members (excludes halogenated alkanes) is 5. The molecule has 7 rings (SSSR count). The van der Waals surface area contributed by atoms with Crippen LogP contribution in [0.4, 0.5) is 34.1 Å². The molecule has 0 aliphatic heterocycles. The second-order valence-electron chi connectivity index (χ2n) is 16.4. The van der Waals surface area contributed by atoms with Gasteiger partial charge >= 0.3 is 0 Å². The van der Waals surface area contributed by atoms with Gasteiger partial charge in [-0.05, 0) is 165 Å². The molecule has 288 valence electrons. The van der Waals surface area contributed by atoms with Crippen LogP contribution in [0, 0.1) is 41.5 Å². The highest BCUT2D eigenvalue weighted by Gasteiger charge is 2.40. The van der Waals surface area contributed by atoms with E-state index in [1.807, 2.05) is 0 Å². The van der Waals surface area contributed by atoms with Crippen molar-refractivity contribution in [2.75, 3.05) is 9.80 Å². The summed E-state index contributed by atoms with van der Waals surface area (Å²) in [5.74, 6) is 0. The highest BCUT2D eigenvalue weighted by atomic mass is 79.9. The predicted molar refractivity (Wildman–Crippen MR) is 250 cm³/mol. The molecule has 6 aromatic rings. The molecule has 0 spiro atoms. The maximum Gasteiger partial charge on any atom is 0.0520 e. The van der Waals surface area contributed by atoms with Gasteiger partial charge in [0.15, 0.2) is 0 Å². The summed E-state index contributed by atoms with van der Waals surface area (Å²) in [6.07, 6.45) is 8.79. The van der Waals surface area contributed by atoms with Crippen molar-refractivity contribution in [3.63, 3.8) is 0 Å². The Labute approximate surface area is 353 Å². The fraction of sp³-hybridized carbons (Fsp3) is 0.308. The van der Waals surface area contributed by atoms with Crippen molar-refractivity contribution in [2.45, 2.75) is 106 Å². The van der Waals surface area contributed by atoms with E-state index in [1.165, 1.54) is 117 Å². The summed E-state index contributed by atoms with van der Waals surface area (Å²) in [6.45, 7) is 18.2. The van der Waals surface area contributed by atoms with E-state index in [4.69, 9.17) is 0 Å². The molecule has 0 saturated carbocycles. The summed E-state index contributed by atoms with van der Waals surface area (Å²) >= 11 is 7.39. The van der Waals surface area contributed by atoms with E-state index in [1.54, 1.807) is 0 Å². The number of benzene rings is 6. The molecule has 0 fully saturated rings. The molecule has 0 saturated heterocycles. The van der Waals surface area contributed by atoms with Gasteiger partial charge in [-0.25, -0.2) is 0 Å². The Bertz CT molecular complexity index is 2150. The van der Waals surface area contributed by atoms with E-state index in [2.05, 4.69) is 206 Å². The predicted octanol–water partition coefficient (Wildman–Crippen LogP) is 17.0. The second kappa shape index (κ2) is 16.8. The molecule has 2 nitrogen and oxygen atoms in total. The Morgan fingerprint density at radius 1 is 0.446 bits per heavy atom. The summed E-state index contributed by atoms with van der Waals surface area (Å²) in [5, 5.41) is 0. The number of halogens is 2. The van der Waals surface area contributed by atoms with Crippen LogP contribution in [-0.2, 0) is 5.41 Å². The van der Waals surface area contributed by atoms with E-state index >= 15 is 0 Å². The van der Waals surface area contributed by atoms with Crippen LogP contribution in [0.2, 0.25) is 0 Å². The van der Waals surface area contributed by atoms with Crippen LogP contribution in [0.25, 0.3) is 11.1 Å². The first-order valence-corrected chi connectivity index (χ1v) is 22.0. The Balaban J connectivity index is 1.40. The minimum atomic E-state index is -0.160. The summed E-state index contributed by atoms with van der Waals surface area (Å²) in [6, 6.07) is 41.4. The minimum absolute atomic E-state index is 0.160. The molecule has 56 heavy (non-hydrogen) atoms. The van der Waals surface area contributed by atoms with Crippen molar-refractivity contribution in [3.05, 3.63) is 163 Å². The number of hydrogen-bond acceptors (Lipinski definition) is 2. The SMILES string of the molecule is CCCCCCCCC1(C)c2cc(N(c3ccc(Br)cc3)c3c(C)cc(C)cc3C)ccc2-c2ccc(N(c3ccc(Br)cc3)c3c(C)cc(C)cc3C)cc21. The monoisotopic (exact) mass is 866 g/mol. The summed E-state index contributed by atoms with van der Waals surface area (Å²) in [7, 11) is 0. The molecule has 0 unspecified atom stereocenters. The van der Waals surface area contributed by atoms with Crippen LogP contribution < -0.4 is 9.80 Å². The molecule has 0 aromatic heterocycles. The van der Waals surface area contributed by atoms with Gasteiger partial charge in [-0.2, -0.15) is 0 Å². The fourth-order valence-electron chi connectivity index (χ4n) is 9.44. The zero-order valence-electron chi connectivity index (χ0n) is 34.5. The molecule has 0 heterocycles. The van der Waals surface area contributed by atoms with Crippen LogP contribution in [-0.4, -0.2) is 0 Å². The number of nitrogens with zero attached hydrogens (tertiary/aromatic N) is 2. The fourth-order valence-corrected chi connectivity index (χ4v) is 9.97. The van der Waals surface area contributed by atoms with Crippen molar-refractivity contribution < 1.29 is 0 Å². The van der Waals surface area contributed by atoms with Crippen LogP contribution >= 0.6 is 31.9 Å². The standard InChI is InChI=1S/C52H56Br2N2/c1-9-10-11-12-13-14-27-52(8)48-32-44(55(42-19-15-40(53)16-20-42)50-36(4)28-34(2)29-37(50)5)23-25-46(48)47-26-24-45(33-49(47)52)56(43-21-17-41(54)18-22-43)51-38(6)30-35(3)31-39(51)7/h15-26,28-33H,9-14,27H2,1-8H3. The van der Waals surface area contributed by atoms with Gasteiger partial charge in [0, 0.05) is 37.1 Å². The summed E-state index contributed by atoms with van der Waals surface area (Å²) in [5.41, 5.74) is 20.3. The van der Waals surface area contributed by atoms with Crippen LogP contribution in [0.15, 0.2) is 118 Å². The van der Waals surface area contributed by atoms with Crippen molar-refractivity contribution in [1.29, 1.82) is 0 Å². The lowest BCUT2D eigenvalue weighted by molar-refractivity contribution is 0.481. The first-order valence-electron chi connectivity index (χ1n) is 20.5. The van der Waals surface area contributed by atoms with Crippen LogP contribution in [0.5, 0.6) is 0 Å². The van der Waals surface area contributed by atoms with Gasteiger partial charge in [-0.15, -0.1) is 0 Å². The number of anilines is 6. The lowest BCUT2D eigenvalue weighted by atomic mass is 9.75. The van der Waals surface area contributed by atoms with Gasteiger partial charge in [-0.3, -0.25) is 0 Å². The second-order valence-corrected chi connectivity index (χ2v) is 18.3. The lowest BCUT2D eigenvalue weighted by Gasteiger charge is -2.33. The molecule has 0 amide bonds. The smallest absolute Gasteiger partial charge is 0.0520 e. The van der Waals surface area contributed by atoms with E-state index in [0.717, 1.165) is 26.7 Å². The Hall–Kier alpha value is -4.12. The molecule has 0 radical (unpaired) electrons. The molecular formula is C52H56Br2N2. The van der Waals surface area contributed by atoms with E-state index in [0.29, 0.717) is 0 Å². The van der Waals surface area contributed by atoms with E-state index in [9.17, 15) is 0 Å². The van der Waals surface area contributed by atoms with Gasteiger partial charge in [0.2, 0.25) is 0 Å². The van der Waals surface area contributed by atoms with Crippen LogP contribution in [0.1, 0.15) is 103 Å². The molecule has 0 N–H and O–H groups in total. The molecule has 0 atom stereocenters. The van der Waals surface area contributed by atoms with Gasteiger partial charge in [0.05, 0.1) is 11.4 Å². The minimum Gasteiger partial charge on any atom is -0.310 e. The molecule has 1 aliphatic rings. The third-order valence-electron chi connectivity index (χ3n) is 11.9.